The van der Waals surface area contributed by atoms with Crippen LogP contribution in [0.4, 0.5) is 5.69 Å². The summed E-state index contributed by atoms with van der Waals surface area (Å²) in [6, 6.07) is 13.0. The van der Waals surface area contributed by atoms with Gasteiger partial charge in [0.1, 0.15) is 6.17 Å². The molecule has 0 aromatic heterocycles. The minimum atomic E-state index is -1.71. The van der Waals surface area contributed by atoms with Crippen molar-refractivity contribution in [3.05, 3.63) is 64.7 Å². The molecule has 0 heterocycles. The van der Waals surface area contributed by atoms with Crippen molar-refractivity contribution >= 4 is 46.4 Å². The molecule has 0 spiro atoms. The number of halogens is 3. The van der Waals surface area contributed by atoms with E-state index in [0.717, 1.165) is 22.4 Å². The molecule has 1 atom stereocenters. The van der Waals surface area contributed by atoms with Gasteiger partial charge in [-0.2, -0.15) is 0 Å². The Hall–Kier alpha value is -1.42. The highest BCUT2D eigenvalue weighted by molar-refractivity contribution is 6.68. The summed E-state index contributed by atoms with van der Waals surface area (Å²) in [6.07, 6.45) is -0.876. The monoisotopic (exact) mass is 384 g/mol. The summed E-state index contributed by atoms with van der Waals surface area (Å²) in [5.41, 5.74) is 4.60. The second-order valence-corrected chi connectivity index (χ2v) is 8.13. The minimum absolute atomic E-state index is 0.317. The van der Waals surface area contributed by atoms with Gasteiger partial charge in [0.2, 0.25) is 3.79 Å². The van der Waals surface area contributed by atoms with Crippen LogP contribution in [0.3, 0.4) is 0 Å². The van der Waals surface area contributed by atoms with Gasteiger partial charge in [-0.25, -0.2) is 0 Å². The van der Waals surface area contributed by atoms with E-state index in [1.54, 1.807) is 12.1 Å². The van der Waals surface area contributed by atoms with Crippen LogP contribution in [0.15, 0.2) is 42.5 Å². The standard InChI is InChI=1S/C18H19Cl3N2O/c1-11-4-7-14(8-5-11)16(24)23-17(18(19,20)21)22-15-9-6-12(2)13(3)10-15/h4-10,17,22H,1-3H3,(H,23,24)/t17-/m1/s1. The Kier molecular flexibility index (Phi) is 6.02. The predicted molar refractivity (Wildman–Crippen MR) is 102 cm³/mol. The van der Waals surface area contributed by atoms with Gasteiger partial charge in [0.25, 0.3) is 5.91 Å². The molecule has 0 aliphatic rings. The molecule has 0 radical (unpaired) electrons. The van der Waals surface area contributed by atoms with Gasteiger partial charge in [0.05, 0.1) is 0 Å². The molecule has 128 valence electrons. The number of hydrogen-bond donors (Lipinski definition) is 2. The first-order chi connectivity index (χ1) is 11.2. The van der Waals surface area contributed by atoms with Gasteiger partial charge >= 0.3 is 0 Å². The van der Waals surface area contributed by atoms with E-state index in [1.807, 2.05) is 51.1 Å². The Morgan fingerprint density at radius 2 is 1.58 bits per heavy atom. The first-order valence-electron chi connectivity index (χ1n) is 7.45. The quantitative estimate of drug-likeness (QED) is 0.564. The number of anilines is 1. The first kappa shape index (κ1) is 18.9. The lowest BCUT2D eigenvalue weighted by Gasteiger charge is -2.27. The van der Waals surface area contributed by atoms with Crippen LogP contribution in [0.1, 0.15) is 27.0 Å². The van der Waals surface area contributed by atoms with Crippen molar-refractivity contribution in [2.75, 3.05) is 5.32 Å². The van der Waals surface area contributed by atoms with Crippen LogP contribution in [0.5, 0.6) is 0 Å². The Bertz CT molecular complexity index is 724. The second-order valence-electron chi connectivity index (χ2n) is 5.76. The van der Waals surface area contributed by atoms with Crippen molar-refractivity contribution in [1.82, 2.24) is 5.32 Å². The fourth-order valence-electron chi connectivity index (χ4n) is 2.12. The van der Waals surface area contributed by atoms with Gasteiger partial charge in [-0.1, -0.05) is 58.6 Å². The van der Waals surface area contributed by atoms with Gasteiger partial charge in [0, 0.05) is 11.3 Å². The van der Waals surface area contributed by atoms with Crippen LogP contribution in [-0.4, -0.2) is 15.9 Å². The van der Waals surface area contributed by atoms with Gasteiger partial charge in [0.15, 0.2) is 0 Å². The van der Waals surface area contributed by atoms with Crippen LogP contribution in [0, 0.1) is 20.8 Å². The van der Waals surface area contributed by atoms with Gasteiger partial charge in [-0.15, -0.1) is 0 Å². The summed E-state index contributed by atoms with van der Waals surface area (Å²) in [5, 5.41) is 5.80. The number of nitrogens with one attached hydrogen (secondary N) is 2. The largest absolute Gasteiger partial charge is 0.362 e. The fourth-order valence-corrected chi connectivity index (χ4v) is 2.44. The molecular formula is C18H19Cl3N2O. The number of carbonyl (C=O) groups excluding carboxylic acids is 1. The first-order valence-corrected chi connectivity index (χ1v) is 8.58. The summed E-state index contributed by atoms with van der Waals surface area (Å²) in [5.74, 6) is -0.317. The highest BCUT2D eigenvalue weighted by Crippen LogP contribution is 2.31. The Morgan fingerprint density at radius 1 is 0.958 bits per heavy atom. The van der Waals surface area contributed by atoms with E-state index in [9.17, 15) is 4.79 Å². The van der Waals surface area contributed by atoms with E-state index in [-0.39, 0.29) is 5.91 Å². The van der Waals surface area contributed by atoms with Crippen LogP contribution < -0.4 is 10.6 Å². The molecular weight excluding hydrogens is 367 g/mol. The zero-order valence-corrected chi connectivity index (χ0v) is 15.9. The predicted octanol–water partition coefficient (Wildman–Crippen LogP) is 5.15. The van der Waals surface area contributed by atoms with E-state index < -0.39 is 9.96 Å². The van der Waals surface area contributed by atoms with Crippen LogP contribution in [-0.2, 0) is 0 Å². The molecule has 2 N–H and O–H groups in total. The number of hydrogen-bond acceptors (Lipinski definition) is 2. The highest BCUT2D eigenvalue weighted by Gasteiger charge is 2.34. The summed E-state index contributed by atoms with van der Waals surface area (Å²) in [7, 11) is 0. The molecule has 2 rings (SSSR count). The average Bonchev–Trinajstić information content (AvgIpc) is 2.50. The maximum absolute atomic E-state index is 12.4. The Balaban J connectivity index is 2.18. The third-order valence-corrected chi connectivity index (χ3v) is 4.39. The molecule has 0 saturated carbocycles. The van der Waals surface area contributed by atoms with Crippen molar-refractivity contribution in [2.45, 2.75) is 30.7 Å². The lowest BCUT2D eigenvalue weighted by atomic mass is 10.1. The van der Waals surface area contributed by atoms with Gasteiger partial charge in [-0.05, 0) is 56.2 Å². The number of aryl methyl sites for hydroxylation is 3. The van der Waals surface area contributed by atoms with Crippen LogP contribution >= 0.6 is 34.8 Å². The zero-order chi connectivity index (χ0) is 17.9. The van der Waals surface area contributed by atoms with Crippen LogP contribution in [0.25, 0.3) is 0 Å². The Labute approximate surface area is 157 Å². The smallest absolute Gasteiger partial charge is 0.252 e. The van der Waals surface area contributed by atoms with E-state index in [0.29, 0.717) is 5.56 Å². The molecule has 2 aromatic rings. The summed E-state index contributed by atoms with van der Waals surface area (Å²) in [4.78, 5) is 12.4. The lowest BCUT2D eigenvalue weighted by Crippen LogP contribution is -2.49. The SMILES string of the molecule is Cc1ccc(C(=O)N[C@@H](Nc2ccc(C)c(C)c2)C(Cl)(Cl)Cl)cc1. The normalized spacial score (nSPS) is 12.6. The molecule has 0 aliphatic carbocycles. The van der Waals surface area contributed by atoms with Crippen LogP contribution in [0.2, 0.25) is 0 Å². The third kappa shape index (κ3) is 5.04. The molecule has 0 fully saturated rings. The van der Waals surface area contributed by atoms with Gasteiger partial charge in [-0.3, -0.25) is 4.79 Å². The minimum Gasteiger partial charge on any atom is -0.362 e. The summed E-state index contributed by atoms with van der Waals surface area (Å²) >= 11 is 18.1. The molecule has 0 unspecified atom stereocenters. The average molecular weight is 386 g/mol. The fraction of sp³-hybridized carbons (Fsp3) is 0.278. The van der Waals surface area contributed by atoms with Crippen molar-refractivity contribution in [2.24, 2.45) is 0 Å². The van der Waals surface area contributed by atoms with E-state index in [4.69, 9.17) is 34.8 Å². The molecule has 3 nitrogen and oxygen atoms in total. The maximum atomic E-state index is 12.4. The number of rotatable bonds is 4. The Morgan fingerprint density at radius 3 is 2.12 bits per heavy atom. The number of alkyl halides is 3. The van der Waals surface area contributed by atoms with Crippen molar-refractivity contribution in [3.8, 4) is 0 Å². The molecule has 6 heteroatoms. The van der Waals surface area contributed by atoms with Crippen molar-refractivity contribution in [1.29, 1.82) is 0 Å². The summed E-state index contributed by atoms with van der Waals surface area (Å²) in [6.45, 7) is 5.97. The van der Waals surface area contributed by atoms with Gasteiger partial charge < -0.3 is 10.6 Å². The topological polar surface area (TPSA) is 41.1 Å². The molecule has 24 heavy (non-hydrogen) atoms. The molecule has 2 aromatic carbocycles. The highest BCUT2D eigenvalue weighted by atomic mass is 35.6. The van der Waals surface area contributed by atoms with E-state index in [2.05, 4.69) is 10.6 Å². The summed E-state index contributed by atoms with van der Waals surface area (Å²) < 4.78 is -1.71. The zero-order valence-electron chi connectivity index (χ0n) is 13.7. The van der Waals surface area contributed by atoms with Crippen molar-refractivity contribution in [3.63, 3.8) is 0 Å². The number of amides is 1. The molecule has 0 saturated heterocycles. The second kappa shape index (κ2) is 7.64. The molecule has 1 amide bonds. The molecule has 0 bridgehead atoms. The van der Waals surface area contributed by atoms with E-state index in [1.165, 1.54) is 0 Å². The number of benzene rings is 2. The number of carbonyl (C=O) groups is 1. The lowest BCUT2D eigenvalue weighted by molar-refractivity contribution is 0.0942. The van der Waals surface area contributed by atoms with E-state index >= 15 is 0 Å². The molecule has 0 aliphatic heterocycles. The van der Waals surface area contributed by atoms with Crippen molar-refractivity contribution < 1.29 is 4.79 Å². The maximum Gasteiger partial charge on any atom is 0.252 e. The third-order valence-electron chi connectivity index (χ3n) is 3.73.